The van der Waals surface area contributed by atoms with Crippen molar-refractivity contribution in [2.24, 2.45) is 17.4 Å². The Labute approximate surface area is 248 Å². The van der Waals surface area contributed by atoms with Gasteiger partial charge in [-0.05, 0) is 41.9 Å². The Morgan fingerprint density at radius 3 is 1.90 bits per heavy atom. The van der Waals surface area contributed by atoms with Gasteiger partial charge in [-0.3, -0.25) is 20.4 Å². The lowest BCUT2D eigenvalue weighted by molar-refractivity contribution is -0.142. The van der Waals surface area contributed by atoms with Gasteiger partial charge in [-0.2, -0.15) is 0 Å². The highest BCUT2D eigenvalue weighted by molar-refractivity contribution is 5.95. The summed E-state index contributed by atoms with van der Waals surface area (Å²) >= 11 is 0. The van der Waals surface area contributed by atoms with Crippen LogP contribution in [0.5, 0.6) is 0 Å². The van der Waals surface area contributed by atoms with E-state index in [2.05, 4.69) is 17.4 Å². The molecule has 4 rings (SSSR count). The van der Waals surface area contributed by atoms with Gasteiger partial charge in [-0.15, -0.1) is 0 Å². The predicted molar refractivity (Wildman–Crippen MR) is 167 cm³/mol. The molecule has 0 spiro atoms. The van der Waals surface area contributed by atoms with E-state index in [9.17, 15) is 9.59 Å². The quantitative estimate of drug-likeness (QED) is 0.160. The van der Waals surface area contributed by atoms with Crippen LogP contribution < -0.4 is 16.8 Å². The Hall–Kier alpha value is -4.46. The molecule has 220 valence electrons. The number of nitrogen functional groups attached to an aromatic ring is 2. The molecule has 1 aliphatic rings. The van der Waals surface area contributed by atoms with Crippen LogP contribution in [0, 0.1) is 16.7 Å². The minimum atomic E-state index is -0.564. The summed E-state index contributed by atoms with van der Waals surface area (Å²) < 4.78 is 0. The molecule has 8 nitrogen and oxygen atoms in total. The van der Waals surface area contributed by atoms with Gasteiger partial charge in [0.1, 0.15) is 17.7 Å². The van der Waals surface area contributed by atoms with E-state index in [1.54, 1.807) is 24.0 Å². The summed E-state index contributed by atoms with van der Waals surface area (Å²) in [4.78, 5) is 29.0. The Balaban J connectivity index is 1.59. The molecule has 0 aromatic heterocycles. The fraction of sp³-hybridized carbons (Fsp3) is 0.353. The van der Waals surface area contributed by atoms with E-state index in [4.69, 9.17) is 22.3 Å². The van der Waals surface area contributed by atoms with Crippen molar-refractivity contribution < 1.29 is 9.59 Å². The number of hydrogen-bond donors (Lipinski definition) is 5. The molecular formula is C34H42N6O2. The van der Waals surface area contributed by atoms with Crippen molar-refractivity contribution in [2.75, 3.05) is 6.54 Å². The van der Waals surface area contributed by atoms with Crippen molar-refractivity contribution in [3.05, 3.63) is 107 Å². The van der Waals surface area contributed by atoms with E-state index in [0.29, 0.717) is 30.6 Å². The summed E-state index contributed by atoms with van der Waals surface area (Å²) in [6, 6.07) is 24.5. The molecule has 2 atom stereocenters. The first-order valence-corrected chi connectivity index (χ1v) is 14.7. The molecule has 3 aromatic rings. The summed E-state index contributed by atoms with van der Waals surface area (Å²) in [6.45, 7) is 2.31. The molecule has 1 aliphatic carbocycles. The second-order valence-corrected chi connectivity index (χ2v) is 11.3. The molecule has 0 radical (unpaired) electrons. The number of carbonyl (C=O) groups excluding carboxylic acids is 2. The zero-order valence-corrected chi connectivity index (χ0v) is 24.3. The van der Waals surface area contributed by atoms with E-state index in [0.717, 1.165) is 48.8 Å². The number of benzene rings is 3. The van der Waals surface area contributed by atoms with E-state index < -0.39 is 6.04 Å². The third-order valence-electron chi connectivity index (χ3n) is 8.27. The number of nitrogens with zero attached hydrogens (tertiary/aromatic N) is 1. The largest absolute Gasteiger partial charge is 0.384 e. The van der Waals surface area contributed by atoms with Gasteiger partial charge in [0.25, 0.3) is 0 Å². The number of rotatable bonds is 12. The van der Waals surface area contributed by atoms with Gasteiger partial charge in [0, 0.05) is 37.1 Å². The molecule has 0 aliphatic heterocycles. The smallest absolute Gasteiger partial charge is 0.243 e. The molecule has 7 N–H and O–H groups in total. The first-order chi connectivity index (χ1) is 20.2. The van der Waals surface area contributed by atoms with Crippen molar-refractivity contribution in [1.29, 1.82) is 10.8 Å². The lowest BCUT2D eigenvalue weighted by atomic mass is 9.81. The van der Waals surface area contributed by atoms with E-state index in [-0.39, 0.29) is 35.3 Å². The van der Waals surface area contributed by atoms with Crippen molar-refractivity contribution in [2.45, 2.75) is 64.0 Å². The first-order valence-electron chi connectivity index (χ1n) is 14.7. The molecule has 0 bridgehead atoms. The van der Waals surface area contributed by atoms with Crippen molar-refractivity contribution in [3.63, 3.8) is 0 Å². The van der Waals surface area contributed by atoms with Gasteiger partial charge < -0.3 is 21.7 Å². The summed E-state index contributed by atoms with van der Waals surface area (Å²) in [5.74, 6) is -0.155. The molecule has 0 saturated heterocycles. The third-order valence-corrected chi connectivity index (χ3v) is 8.27. The maximum atomic E-state index is 13.9. The number of amidine groups is 2. The number of hydrogen-bond acceptors (Lipinski definition) is 4. The number of nitrogens with one attached hydrogen (secondary N) is 3. The second kappa shape index (κ2) is 14.4. The zero-order chi connectivity index (χ0) is 30.1. The van der Waals surface area contributed by atoms with Crippen LogP contribution in [-0.2, 0) is 22.6 Å². The molecule has 1 saturated carbocycles. The van der Waals surface area contributed by atoms with Crippen LogP contribution in [0.4, 0.5) is 0 Å². The molecule has 1 unspecified atom stereocenters. The van der Waals surface area contributed by atoms with E-state index in [1.807, 2.05) is 54.6 Å². The second-order valence-electron chi connectivity index (χ2n) is 11.3. The van der Waals surface area contributed by atoms with Gasteiger partial charge in [-0.25, -0.2) is 0 Å². The van der Waals surface area contributed by atoms with Gasteiger partial charge in [0.15, 0.2) is 0 Å². The van der Waals surface area contributed by atoms with Crippen molar-refractivity contribution in [3.8, 4) is 0 Å². The minimum Gasteiger partial charge on any atom is -0.384 e. The number of nitrogens with two attached hydrogens (primary N) is 2. The fourth-order valence-electron chi connectivity index (χ4n) is 5.95. The standard InChI is InChI=1S/C34H42N6O2/c1-23(41)40(22-30(26-8-4-2-5-9-26)20-24-12-16-28(17-13-24)32(35)36)31(27-10-6-3-7-11-27)34(42)39-21-25-14-18-29(19-15-25)33(37)38/h2,4-5,8-9,12-19,27,30-31H,3,6-7,10-11,20-22H2,1H3,(H3,35,36)(H3,37,38)(H,39,42)/t30-,31?/m1/s1. The van der Waals surface area contributed by atoms with Gasteiger partial charge >= 0.3 is 0 Å². The molecule has 2 amide bonds. The topological polar surface area (TPSA) is 149 Å². The zero-order valence-electron chi connectivity index (χ0n) is 24.3. The van der Waals surface area contributed by atoms with Crippen LogP contribution >= 0.6 is 0 Å². The Kier molecular flexibility index (Phi) is 10.5. The monoisotopic (exact) mass is 566 g/mol. The summed E-state index contributed by atoms with van der Waals surface area (Å²) in [5.41, 5.74) is 15.6. The van der Waals surface area contributed by atoms with Crippen LogP contribution in [0.2, 0.25) is 0 Å². The molecule has 8 heteroatoms. The van der Waals surface area contributed by atoms with Crippen molar-refractivity contribution in [1.82, 2.24) is 10.2 Å². The maximum absolute atomic E-state index is 13.9. The Morgan fingerprint density at radius 2 is 1.38 bits per heavy atom. The van der Waals surface area contributed by atoms with Crippen LogP contribution in [0.25, 0.3) is 0 Å². The molecule has 0 heterocycles. The summed E-state index contributed by atoms with van der Waals surface area (Å²) in [7, 11) is 0. The van der Waals surface area contributed by atoms with E-state index >= 15 is 0 Å². The summed E-state index contributed by atoms with van der Waals surface area (Å²) in [6.07, 6.45) is 5.76. The lowest BCUT2D eigenvalue weighted by Gasteiger charge is -2.39. The van der Waals surface area contributed by atoms with Gasteiger partial charge in [0.05, 0.1) is 0 Å². The van der Waals surface area contributed by atoms with Gasteiger partial charge in [-0.1, -0.05) is 98.1 Å². The Morgan fingerprint density at radius 1 is 0.833 bits per heavy atom. The van der Waals surface area contributed by atoms with Crippen LogP contribution in [0.15, 0.2) is 78.9 Å². The van der Waals surface area contributed by atoms with Crippen molar-refractivity contribution >= 4 is 23.5 Å². The van der Waals surface area contributed by atoms with E-state index in [1.165, 1.54) is 0 Å². The van der Waals surface area contributed by atoms with Gasteiger partial charge in [0.2, 0.25) is 11.8 Å². The summed E-state index contributed by atoms with van der Waals surface area (Å²) in [5, 5.41) is 18.4. The highest BCUT2D eigenvalue weighted by atomic mass is 16.2. The lowest BCUT2D eigenvalue weighted by Crippen LogP contribution is -2.54. The average molecular weight is 567 g/mol. The first kappa shape index (κ1) is 30.5. The molecule has 42 heavy (non-hydrogen) atoms. The normalized spacial score (nSPS) is 14.9. The number of amides is 2. The average Bonchev–Trinajstić information content (AvgIpc) is 3.00. The van der Waals surface area contributed by atoms with Crippen LogP contribution in [0.3, 0.4) is 0 Å². The fourth-order valence-corrected chi connectivity index (χ4v) is 5.95. The molecular weight excluding hydrogens is 524 g/mol. The minimum absolute atomic E-state index is 0.00261. The highest BCUT2D eigenvalue weighted by Gasteiger charge is 2.37. The van der Waals surface area contributed by atoms with Crippen LogP contribution in [0.1, 0.15) is 72.8 Å². The number of carbonyl (C=O) groups is 2. The molecule has 1 fully saturated rings. The highest BCUT2D eigenvalue weighted by Crippen LogP contribution is 2.32. The SMILES string of the molecule is CC(=O)N(C[C@@H](Cc1ccc(C(=N)N)cc1)c1ccccc1)C(C(=O)NCc1ccc(C(=N)N)cc1)C1CCCCC1. The maximum Gasteiger partial charge on any atom is 0.243 e. The predicted octanol–water partition coefficient (Wildman–Crippen LogP) is 4.69. The Bertz CT molecular complexity index is 1370. The van der Waals surface area contributed by atoms with Crippen LogP contribution in [-0.4, -0.2) is 41.0 Å². The molecule has 3 aromatic carbocycles. The third kappa shape index (κ3) is 8.06.